The molecule has 0 aromatic heterocycles. The Hall–Kier alpha value is -4.63. The van der Waals surface area contributed by atoms with E-state index in [-0.39, 0.29) is 10.7 Å². The minimum atomic E-state index is -0.663. The molecular weight excluding hydrogens is 534 g/mol. The van der Waals surface area contributed by atoms with E-state index in [2.05, 4.69) is 10.6 Å². The monoisotopic (exact) mass is 561 g/mol. The third-order valence-electron chi connectivity index (χ3n) is 6.23. The Bertz CT molecular complexity index is 1480. The molecule has 0 fully saturated rings. The summed E-state index contributed by atoms with van der Waals surface area (Å²) < 4.78 is 10.3. The van der Waals surface area contributed by atoms with Gasteiger partial charge in [0.2, 0.25) is 0 Å². The predicted octanol–water partition coefficient (Wildman–Crippen LogP) is 5.65. The first-order valence-electron chi connectivity index (χ1n) is 12.6. The summed E-state index contributed by atoms with van der Waals surface area (Å²) in [6.07, 6.45) is 1.72. The van der Waals surface area contributed by atoms with Crippen LogP contribution in [-0.4, -0.2) is 37.4 Å². The smallest absolute Gasteiger partial charge is 0.338 e. The van der Waals surface area contributed by atoms with Gasteiger partial charge in [0.25, 0.3) is 17.7 Å². The van der Waals surface area contributed by atoms with Crippen LogP contribution in [0.3, 0.4) is 0 Å². The molecule has 2 N–H and O–H groups in total. The molecule has 1 aliphatic rings. The maximum absolute atomic E-state index is 13.2. The molecule has 0 unspecified atom stereocenters. The lowest BCUT2D eigenvalue weighted by Crippen LogP contribution is -2.32. The van der Waals surface area contributed by atoms with Crippen LogP contribution in [0.25, 0.3) is 0 Å². The third-order valence-corrected chi connectivity index (χ3v) is 6.58. The molecule has 0 saturated heterocycles. The highest BCUT2D eigenvalue weighted by Gasteiger charge is 2.39. The van der Waals surface area contributed by atoms with Crippen molar-refractivity contribution in [3.63, 3.8) is 0 Å². The number of carbonyl (C=O) groups excluding carboxylic acids is 4. The van der Waals surface area contributed by atoms with E-state index in [9.17, 15) is 19.2 Å². The topological polar surface area (TPSA) is 114 Å². The lowest BCUT2D eigenvalue weighted by Gasteiger charge is -2.16. The number of hydrogen-bond acceptors (Lipinski definition) is 7. The van der Waals surface area contributed by atoms with Gasteiger partial charge in [0.15, 0.2) is 0 Å². The van der Waals surface area contributed by atoms with Gasteiger partial charge < -0.3 is 20.1 Å². The number of nitrogens with zero attached hydrogens (tertiary/aromatic N) is 1. The molecule has 10 heteroatoms. The number of halogens is 1. The van der Waals surface area contributed by atoms with Crippen LogP contribution in [0.2, 0.25) is 0 Å². The van der Waals surface area contributed by atoms with Gasteiger partial charge in [-0.25, -0.2) is 9.69 Å². The van der Waals surface area contributed by atoms with Crippen molar-refractivity contribution in [2.75, 3.05) is 29.3 Å². The minimum absolute atomic E-state index is 0.0930. The summed E-state index contributed by atoms with van der Waals surface area (Å²) in [5, 5.41) is 5.46. The highest BCUT2D eigenvalue weighted by molar-refractivity contribution is 6.53. The zero-order valence-electron chi connectivity index (χ0n) is 22.2. The number of aryl methyl sites for hydroxylation is 1. The second-order valence-electron chi connectivity index (χ2n) is 9.01. The van der Waals surface area contributed by atoms with E-state index in [1.165, 1.54) is 7.11 Å². The number of anilines is 3. The Morgan fingerprint density at radius 1 is 0.925 bits per heavy atom. The molecule has 1 aliphatic heterocycles. The number of nitrogens with one attached hydrogen (secondary N) is 2. The molecule has 3 amide bonds. The van der Waals surface area contributed by atoms with Crippen molar-refractivity contribution in [3.05, 3.63) is 94.1 Å². The van der Waals surface area contributed by atoms with Gasteiger partial charge >= 0.3 is 5.97 Å². The number of unbranched alkanes of at least 4 members (excludes halogenated alkanes) is 1. The van der Waals surface area contributed by atoms with Crippen LogP contribution in [-0.2, 0) is 14.3 Å². The number of hydrogen-bond donors (Lipinski definition) is 2. The van der Waals surface area contributed by atoms with Gasteiger partial charge in [-0.2, -0.15) is 0 Å². The number of carbonyl (C=O) groups is 4. The van der Waals surface area contributed by atoms with E-state index in [4.69, 9.17) is 21.1 Å². The second kappa shape index (κ2) is 12.5. The van der Waals surface area contributed by atoms with Crippen molar-refractivity contribution in [2.24, 2.45) is 0 Å². The lowest BCUT2D eigenvalue weighted by molar-refractivity contribution is -0.120. The van der Waals surface area contributed by atoms with Crippen LogP contribution < -0.4 is 20.3 Å². The molecule has 4 rings (SSSR count). The van der Waals surface area contributed by atoms with Crippen LogP contribution >= 0.6 is 11.6 Å². The predicted molar refractivity (Wildman–Crippen MR) is 153 cm³/mol. The standard InChI is InChI=1S/C30H28ClN3O6/c1-4-5-16-40-30(38)19-8-10-21(11-9-19)32-27(35)20-7-6-18(2)24(17-20)33-26-25(31)28(36)34(29(26)37)22-12-14-23(39-3)15-13-22/h6-15,17,33H,4-5,16H2,1-3H3,(H,32,35). The van der Waals surface area contributed by atoms with Gasteiger partial charge in [0.05, 0.1) is 25.0 Å². The molecule has 0 radical (unpaired) electrons. The average molecular weight is 562 g/mol. The zero-order valence-corrected chi connectivity index (χ0v) is 23.0. The van der Waals surface area contributed by atoms with Crippen molar-refractivity contribution < 1.29 is 28.7 Å². The van der Waals surface area contributed by atoms with Crippen molar-refractivity contribution in [3.8, 4) is 5.75 Å². The van der Waals surface area contributed by atoms with Crippen molar-refractivity contribution >= 4 is 52.4 Å². The first kappa shape index (κ1) is 28.4. The molecule has 0 saturated carbocycles. The Labute approximate surface area is 236 Å². The van der Waals surface area contributed by atoms with Gasteiger partial charge in [0.1, 0.15) is 16.5 Å². The first-order chi connectivity index (χ1) is 19.2. The summed E-state index contributed by atoms with van der Waals surface area (Å²) >= 11 is 6.28. The maximum Gasteiger partial charge on any atom is 0.338 e. The molecular formula is C30H28ClN3O6. The quantitative estimate of drug-likeness (QED) is 0.187. The molecule has 9 nitrogen and oxygen atoms in total. The average Bonchev–Trinajstić information content (AvgIpc) is 3.17. The summed E-state index contributed by atoms with van der Waals surface area (Å²) in [7, 11) is 1.52. The van der Waals surface area contributed by atoms with E-state index < -0.39 is 23.7 Å². The van der Waals surface area contributed by atoms with E-state index >= 15 is 0 Å². The number of esters is 1. The van der Waals surface area contributed by atoms with E-state index in [0.717, 1.165) is 23.3 Å². The Balaban J connectivity index is 1.47. The number of rotatable bonds is 10. The number of imide groups is 1. The summed E-state index contributed by atoms with van der Waals surface area (Å²) in [4.78, 5) is 52.0. The number of methoxy groups -OCH3 is 1. The fraction of sp³-hybridized carbons (Fsp3) is 0.200. The third kappa shape index (κ3) is 6.16. The fourth-order valence-electron chi connectivity index (χ4n) is 3.90. The summed E-state index contributed by atoms with van der Waals surface area (Å²) in [5.74, 6) is -1.53. The second-order valence-corrected chi connectivity index (χ2v) is 9.39. The van der Waals surface area contributed by atoms with E-state index in [1.807, 2.05) is 6.92 Å². The molecule has 206 valence electrons. The molecule has 3 aromatic rings. The van der Waals surface area contributed by atoms with Gasteiger partial charge in [-0.15, -0.1) is 0 Å². The molecule has 0 atom stereocenters. The number of benzene rings is 3. The van der Waals surface area contributed by atoms with Gasteiger partial charge in [-0.3, -0.25) is 14.4 Å². The van der Waals surface area contributed by atoms with Gasteiger partial charge in [0, 0.05) is 16.9 Å². The maximum atomic E-state index is 13.2. The fourth-order valence-corrected chi connectivity index (χ4v) is 4.11. The number of ether oxygens (including phenoxy) is 2. The SMILES string of the molecule is CCCCOC(=O)c1ccc(NC(=O)c2ccc(C)c(NC3=C(Cl)C(=O)N(c4ccc(OC)cc4)C3=O)c2)cc1. The first-order valence-corrected chi connectivity index (χ1v) is 13.0. The Morgan fingerprint density at radius 2 is 1.60 bits per heavy atom. The normalized spacial score (nSPS) is 12.9. The molecule has 40 heavy (non-hydrogen) atoms. The highest BCUT2D eigenvalue weighted by Crippen LogP contribution is 2.32. The Kier molecular flexibility index (Phi) is 8.86. The molecule has 0 bridgehead atoms. The van der Waals surface area contributed by atoms with Crippen LogP contribution in [0.15, 0.2) is 77.5 Å². The van der Waals surface area contributed by atoms with Crippen LogP contribution in [0, 0.1) is 6.92 Å². The van der Waals surface area contributed by atoms with Crippen molar-refractivity contribution in [1.82, 2.24) is 0 Å². The van der Waals surface area contributed by atoms with Crippen LogP contribution in [0.1, 0.15) is 46.0 Å². The van der Waals surface area contributed by atoms with Crippen molar-refractivity contribution in [1.29, 1.82) is 0 Å². The van der Waals surface area contributed by atoms with Gasteiger partial charge in [-0.05, 0) is 79.6 Å². The molecule has 3 aromatic carbocycles. The largest absolute Gasteiger partial charge is 0.497 e. The van der Waals surface area contributed by atoms with Crippen molar-refractivity contribution in [2.45, 2.75) is 26.7 Å². The molecule has 1 heterocycles. The molecule has 0 aliphatic carbocycles. The summed E-state index contributed by atoms with van der Waals surface area (Å²) in [5.41, 5.74) is 2.59. The number of amides is 3. The summed E-state index contributed by atoms with van der Waals surface area (Å²) in [6.45, 7) is 4.16. The van der Waals surface area contributed by atoms with Crippen LogP contribution in [0.4, 0.5) is 17.1 Å². The van der Waals surface area contributed by atoms with E-state index in [0.29, 0.717) is 40.5 Å². The Morgan fingerprint density at radius 3 is 2.25 bits per heavy atom. The zero-order chi connectivity index (χ0) is 28.8. The highest BCUT2D eigenvalue weighted by atomic mass is 35.5. The van der Waals surface area contributed by atoms with Crippen LogP contribution in [0.5, 0.6) is 5.75 Å². The minimum Gasteiger partial charge on any atom is -0.497 e. The van der Waals surface area contributed by atoms with E-state index in [1.54, 1.807) is 73.7 Å². The molecule has 0 spiro atoms. The van der Waals surface area contributed by atoms with Gasteiger partial charge in [-0.1, -0.05) is 31.0 Å². The lowest BCUT2D eigenvalue weighted by atomic mass is 10.1. The summed E-state index contributed by atoms with van der Waals surface area (Å²) in [6, 6.07) is 17.7.